The number of amides is 1. The Balaban J connectivity index is 2.54. The van der Waals surface area contributed by atoms with Gasteiger partial charge in [0, 0.05) is 17.1 Å². The van der Waals surface area contributed by atoms with Crippen LogP contribution in [0.3, 0.4) is 0 Å². The number of hydrogen-bond acceptors (Lipinski definition) is 2. The third kappa shape index (κ3) is 1.77. The number of nitrogens with zero attached hydrogens (tertiary/aromatic N) is 2. The number of benzene rings is 1. The maximum absolute atomic E-state index is 12.2. The van der Waals surface area contributed by atoms with E-state index in [9.17, 15) is 4.79 Å². The molecule has 4 heteroatoms. The van der Waals surface area contributed by atoms with Crippen LogP contribution in [0.1, 0.15) is 25.8 Å². The highest BCUT2D eigenvalue weighted by atomic mass is 35.5. The van der Waals surface area contributed by atoms with E-state index in [0.29, 0.717) is 5.02 Å². The maximum atomic E-state index is 12.2. The van der Waals surface area contributed by atoms with Gasteiger partial charge in [-0.25, -0.2) is 0 Å². The number of anilines is 1. The molecule has 0 bridgehead atoms. The first-order valence-corrected chi connectivity index (χ1v) is 6.25. The maximum Gasteiger partial charge on any atom is 0.228 e. The van der Waals surface area contributed by atoms with Gasteiger partial charge in [-0.3, -0.25) is 4.79 Å². The summed E-state index contributed by atoms with van der Waals surface area (Å²) in [5.74, 6) is -0.305. The molecule has 1 aromatic rings. The van der Waals surface area contributed by atoms with Gasteiger partial charge in [0.2, 0.25) is 5.91 Å². The Morgan fingerprint density at radius 1 is 1.50 bits per heavy atom. The Bertz CT molecular complexity index is 545. The molecule has 1 heterocycles. The minimum Gasteiger partial charge on any atom is -0.305 e. The van der Waals surface area contributed by atoms with Crippen molar-refractivity contribution in [3.05, 3.63) is 28.8 Å². The summed E-state index contributed by atoms with van der Waals surface area (Å²) in [5.41, 5.74) is 1.18. The van der Waals surface area contributed by atoms with Gasteiger partial charge in [0.25, 0.3) is 0 Å². The molecule has 1 saturated heterocycles. The van der Waals surface area contributed by atoms with E-state index in [1.54, 1.807) is 11.0 Å². The summed E-state index contributed by atoms with van der Waals surface area (Å²) < 4.78 is 0. The smallest absolute Gasteiger partial charge is 0.228 e. The fraction of sp³-hybridized carbons (Fsp3) is 0.429. The van der Waals surface area contributed by atoms with Crippen LogP contribution in [-0.4, -0.2) is 11.4 Å². The lowest BCUT2D eigenvalue weighted by Crippen LogP contribution is -2.44. The molecule has 18 heavy (non-hydrogen) atoms. The largest absolute Gasteiger partial charge is 0.305 e. The molecule has 94 valence electrons. The average molecular weight is 263 g/mol. The van der Waals surface area contributed by atoms with E-state index in [1.807, 2.05) is 32.9 Å². The van der Waals surface area contributed by atoms with Gasteiger partial charge >= 0.3 is 0 Å². The summed E-state index contributed by atoms with van der Waals surface area (Å²) in [4.78, 5) is 13.9. The molecule has 0 spiro atoms. The molecule has 0 N–H and O–H groups in total. The zero-order valence-electron chi connectivity index (χ0n) is 10.7. The first-order chi connectivity index (χ1) is 8.39. The van der Waals surface area contributed by atoms with Crippen LogP contribution < -0.4 is 4.90 Å². The molecule has 1 aromatic carbocycles. The van der Waals surface area contributed by atoms with Crippen molar-refractivity contribution in [2.75, 3.05) is 4.90 Å². The van der Waals surface area contributed by atoms with Crippen molar-refractivity contribution in [1.82, 2.24) is 0 Å². The standard InChI is InChI=1S/C14H15ClN2O/c1-9-11(15)5-4-6-12(9)17-13(18)7-10(8-16)14(17,2)3/h4-6,10H,7H2,1-3H3. The predicted octanol–water partition coefficient (Wildman–Crippen LogP) is 3.30. The highest BCUT2D eigenvalue weighted by Crippen LogP contribution is 2.41. The second-order valence-corrected chi connectivity index (χ2v) is 5.56. The lowest BCUT2D eigenvalue weighted by atomic mass is 9.89. The van der Waals surface area contributed by atoms with Crippen LogP contribution >= 0.6 is 11.6 Å². The number of nitriles is 1. The first kappa shape index (κ1) is 12.9. The van der Waals surface area contributed by atoms with Gasteiger partial charge in [0.05, 0.1) is 17.5 Å². The fourth-order valence-corrected chi connectivity index (χ4v) is 2.65. The molecule has 1 unspecified atom stereocenters. The van der Waals surface area contributed by atoms with Crippen LogP contribution in [-0.2, 0) is 4.79 Å². The summed E-state index contributed by atoms with van der Waals surface area (Å²) in [6.45, 7) is 5.74. The van der Waals surface area contributed by atoms with Gasteiger partial charge in [0.15, 0.2) is 0 Å². The number of carbonyl (C=O) groups is 1. The normalized spacial score (nSPS) is 22.1. The summed E-state index contributed by atoms with van der Waals surface area (Å²) in [6, 6.07) is 7.73. The molecule has 0 saturated carbocycles. The monoisotopic (exact) mass is 262 g/mol. The van der Waals surface area contributed by atoms with Crippen LogP contribution in [0, 0.1) is 24.2 Å². The van der Waals surface area contributed by atoms with Crippen molar-refractivity contribution in [3.63, 3.8) is 0 Å². The van der Waals surface area contributed by atoms with E-state index in [-0.39, 0.29) is 18.2 Å². The Hall–Kier alpha value is -1.53. The van der Waals surface area contributed by atoms with Gasteiger partial charge in [-0.05, 0) is 38.5 Å². The quantitative estimate of drug-likeness (QED) is 0.779. The highest BCUT2D eigenvalue weighted by Gasteiger charge is 2.47. The SMILES string of the molecule is Cc1c(Cl)cccc1N1C(=O)CC(C#N)C1(C)C. The summed E-state index contributed by atoms with van der Waals surface area (Å²) >= 11 is 6.10. The number of hydrogen-bond donors (Lipinski definition) is 0. The molecule has 1 atom stereocenters. The van der Waals surface area contributed by atoms with Crippen molar-refractivity contribution in [1.29, 1.82) is 5.26 Å². The Morgan fingerprint density at radius 2 is 2.17 bits per heavy atom. The number of carbonyl (C=O) groups excluding carboxylic acids is 1. The number of halogens is 1. The molecule has 0 aliphatic carbocycles. The van der Waals surface area contributed by atoms with Crippen molar-refractivity contribution in [3.8, 4) is 6.07 Å². The topological polar surface area (TPSA) is 44.1 Å². The van der Waals surface area contributed by atoms with Crippen molar-refractivity contribution in [2.24, 2.45) is 5.92 Å². The Labute approximate surface area is 112 Å². The van der Waals surface area contributed by atoms with E-state index < -0.39 is 5.54 Å². The van der Waals surface area contributed by atoms with Gasteiger partial charge in [-0.2, -0.15) is 5.26 Å². The molecule has 0 radical (unpaired) electrons. The predicted molar refractivity (Wildman–Crippen MR) is 71.5 cm³/mol. The lowest BCUT2D eigenvalue weighted by molar-refractivity contribution is -0.117. The third-order valence-corrected chi connectivity index (χ3v) is 4.10. The van der Waals surface area contributed by atoms with Crippen LogP contribution in [0.15, 0.2) is 18.2 Å². The van der Waals surface area contributed by atoms with E-state index in [1.165, 1.54) is 0 Å². The highest BCUT2D eigenvalue weighted by molar-refractivity contribution is 6.31. The lowest BCUT2D eigenvalue weighted by Gasteiger charge is -2.34. The molecule has 1 aliphatic rings. The van der Waals surface area contributed by atoms with Crippen LogP contribution in [0.2, 0.25) is 5.02 Å². The van der Waals surface area contributed by atoms with E-state index >= 15 is 0 Å². The molecule has 1 amide bonds. The number of rotatable bonds is 1. The van der Waals surface area contributed by atoms with Gasteiger partial charge in [0.1, 0.15) is 0 Å². The molecule has 0 aromatic heterocycles. The van der Waals surface area contributed by atoms with Gasteiger partial charge in [-0.1, -0.05) is 17.7 Å². The van der Waals surface area contributed by atoms with Crippen LogP contribution in [0.25, 0.3) is 0 Å². The zero-order chi connectivity index (χ0) is 13.5. The van der Waals surface area contributed by atoms with E-state index in [0.717, 1.165) is 11.3 Å². The second kappa shape index (κ2) is 4.29. The molecule has 2 rings (SSSR count). The summed E-state index contributed by atoms with van der Waals surface area (Å²) in [7, 11) is 0. The van der Waals surface area contributed by atoms with Crippen molar-refractivity contribution in [2.45, 2.75) is 32.7 Å². The minimum atomic E-state index is -0.499. The average Bonchev–Trinajstić information content (AvgIpc) is 2.53. The zero-order valence-corrected chi connectivity index (χ0v) is 11.5. The van der Waals surface area contributed by atoms with Crippen molar-refractivity contribution < 1.29 is 4.79 Å². The fourth-order valence-electron chi connectivity index (χ4n) is 2.48. The molecule has 3 nitrogen and oxygen atoms in total. The first-order valence-electron chi connectivity index (χ1n) is 5.87. The van der Waals surface area contributed by atoms with E-state index in [2.05, 4.69) is 6.07 Å². The van der Waals surface area contributed by atoms with E-state index in [4.69, 9.17) is 16.9 Å². The second-order valence-electron chi connectivity index (χ2n) is 5.15. The van der Waals surface area contributed by atoms with Gasteiger partial charge < -0.3 is 4.90 Å². The van der Waals surface area contributed by atoms with Crippen molar-refractivity contribution >= 4 is 23.2 Å². The molecular formula is C14H15ClN2O. The van der Waals surface area contributed by atoms with Crippen LogP contribution in [0.4, 0.5) is 5.69 Å². The Morgan fingerprint density at radius 3 is 2.72 bits per heavy atom. The molecule has 1 aliphatic heterocycles. The third-order valence-electron chi connectivity index (χ3n) is 3.69. The Kier molecular flexibility index (Phi) is 3.08. The molecular weight excluding hydrogens is 248 g/mol. The summed E-state index contributed by atoms with van der Waals surface area (Å²) in [6.07, 6.45) is 0.273. The summed E-state index contributed by atoms with van der Waals surface area (Å²) in [5, 5.41) is 9.79. The van der Waals surface area contributed by atoms with Crippen LogP contribution in [0.5, 0.6) is 0 Å². The van der Waals surface area contributed by atoms with Gasteiger partial charge in [-0.15, -0.1) is 0 Å². The molecule has 1 fully saturated rings. The minimum absolute atomic E-state index is 0.0167.